The van der Waals surface area contributed by atoms with Crippen LogP contribution in [0.25, 0.3) is 0 Å². The van der Waals surface area contributed by atoms with E-state index in [0.717, 1.165) is 32.3 Å². The summed E-state index contributed by atoms with van der Waals surface area (Å²) < 4.78 is 11.7. The Hall–Kier alpha value is -0.380. The van der Waals surface area contributed by atoms with Crippen LogP contribution >= 0.6 is 0 Å². The van der Waals surface area contributed by atoms with Crippen LogP contribution in [0.4, 0.5) is 0 Å². The van der Waals surface area contributed by atoms with E-state index in [9.17, 15) is 0 Å². The Morgan fingerprint density at radius 1 is 1.27 bits per heavy atom. The number of fused-ring (bicyclic) bond motifs is 1. The van der Waals surface area contributed by atoms with Crippen molar-refractivity contribution < 1.29 is 14.6 Å². The average Bonchev–Trinajstić information content (AvgIpc) is 2.22. The van der Waals surface area contributed by atoms with Crippen molar-refractivity contribution >= 4 is 0 Å². The van der Waals surface area contributed by atoms with E-state index in [1.54, 1.807) is 0 Å². The fraction of sp³-hybridized carbons (Fsp3) is 0.833. The van der Waals surface area contributed by atoms with Gasteiger partial charge in [0.2, 0.25) is 0 Å². The van der Waals surface area contributed by atoms with Gasteiger partial charge < -0.3 is 14.6 Å². The summed E-state index contributed by atoms with van der Waals surface area (Å²) in [6, 6.07) is 0. The Balaban J connectivity index is 1.97. The molecule has 3 heteroatoms. The van der Waals surface area contributed by atoms with Crippen molar-refractivity contribution in [3.63, 3.8) is 0 Å². The molecule has 1 fully saturated rings. The molecule has 0 aromatic heterocycles. The van der Waals surface area contributed by atoms with Crippen LogP contribution in [0.1, 0.15) is 32.1 Å². The summed E-state index contributed by atoms with van der Waals surface area (Å²) in [6.07, 6.45) is 9.82. The van der Waals surface area contributed by atoms with Gasteiger partial charge in [-0.1, -0.05) is 12.2 Å². The molecule has 86 valence electrons. The standard InChI is InChI=1S/C12H20O3/c13-8-7-10-4-1-2-5-11-12(15-10)6-3-9-14-11/h1,4,10-13H,2-3,5-9H2/t10-,11-,12+/m1/s1. The summed E-state index contributed by atoms with van der Waals surface area (Å²) in [4.78, 5) is 0. The van der Waals surface area contributed by atoms with Gasteiger partial charge in [-0.25, -0.2) is 0 Å². The molecule has 0 unspecified atom stereocenters. The number of hydrogen-bond donors (Lipinski definition) is 1. The molecule has 2 aliphatic rings. The number of ether oxygens (including phenoxy) is 2. The molecule has 1 N–H and O–H groups in total. The number of aliphatic hydroxyl groups excluding tert-OH is 1. The first-order chi connectivity index (χ1) is 7.40. The fourth-order valence-electron chi connectivity index (χ4n) is 2.31. The van der Waals surface area contributed by atoms with Crippen LogP contribution in [0.2, 0.25) is 0 Å². The van der Waals surface area contributed by atoms with Crippen LogP contribution in [-0.4, -0.2) is 36.6 Å². The second kappa shape index (κ2) is 5.64. The van der Waals surface area contributed by atoms with Crippen molar-refractivity contribution in [1.29, 1.82) is 0 Å². The summed E-state index contributed by atoms with van der Waals surface area (Å²) in [6.45, 7) is 1.06. The highest BCUT2D eigenvalue weighted by molar-refractivity contribution is 4.94. The first-order valence-corrected chi connectivity index (χ1v) is 5.95. The first-order valence-electron chi connectivity index (χ1n) is 5.95. The van der Waals surface area contributed by atoms with Gasteiger partial charge in [-0.2, -0.15) is 0 Å². The molecule has 0 saturated carbocycles. The predicted molar refractivity (Wildman–Crippen MR) is 57.7 cm³/mol. The molecule has 0 radical (unpaired) electrons. The van der Waals surface area contributed by atoms with E-state index in [0.29, 0.717) is 6.42 Å². The van der Waals surface area contributed by atoms with Crippen molar-refractivity contribution in [3.8, 4) is 0 Å². The van der Waals surface area contributed by atoms with Gasteiger partial charge in [0.15, 0.2) is 0 Å². The Bertz CT molecular complexity index is 215. The normalized spacial score (nSPS) is 36.7. The lowest BCUT2D eigenvalue weighted by Crippen LogP contribution is -2.39. The van der Waals surface area contributed by atoms with Gasteiger partial charge >= 0.3 is 0 Å². The van der Waals surface area contributed by atoms with Crippen molar-refractivity contribution in [2.24, 2.45) is 0 Å². The van der Waals surface area contributed by atoms with Crippen LogP contribution in [0, 0.1) is 0 Å². The zero-order valence-corrected chi connectivity index (χ0v) is 9.10. The molecule has 2 aliphatic heterocycles. The molecular weight excluding hydrogens is 192 g/mol. The molecule has 15 heavy (non-hydrogen) atoms. The van der Waals surface area contributed by atoms with Crippen LogP contribution in [0.5, 0.6) is 0 Å². The largest absolute Gasteiger partial charge is 0.396 e. The highest BCUT2D eigenvalue weighted by Gasteiger charge is 2.28. The van der Waals surface area contributed by atoms with Gasteiger partial charge in [-0.05, 0) is 25.7 Å². The highest BCUT2D eigenvalue weighted by atomic mass is 16.5. The summed E-state index contributed by atoms with van der Waals surface area (Å²) in [5.74, 6) is 0. The van der Waals surface area contributed by atoms with Crippen LogP contribution in [0.15, 0.2) is 12.2 Å². The molecule has 0 aliphatic carbocycles. The Kier molecular flexibility index (Phi) is 4.18. The first kappa shape index (κ1) is 11.1. The van der Waals surface area contributed by atoms with Crippen LogP contribution in [-0.2, 0) is 9.47 Å². The average molecular weight is 212 g/mol. The number of hydrogen-bond acceptors (Lipinski definition) is 3. The Morgan fingerprint density at radius 3 is 3.07 bits per heavy atom. The molecule has 3 nitrogen and oxygen atoms in total. The maximum Gasteiger partial charge on any atom is 0.0845 e. The van der Waals surface area contributed by atoms with E-state index in [4.69, 9.17) is 14.6 Å². The van der Waals surface area contributed by atoms with Crippen LogP contribution < -0.4 is 0 Å². The molecule has 2 rings (SSSR count). The second-order valence-electron chi connectivity index (χ2n) is 4.28. The maximum absolute atomic E-state index is 8.93. The van der Waals surface area contributed by atoms with Gasteiger partial charge in [0, 0.05) is 19.6 Å². The monoisotopic (exact) mass is 212 g/mol. The molecule has 0 aromatic carbocycles. The quantitative estimate of drug-likeness (QED) is 0.707. The van der Waals surface area contributed by atoms with Crippen LogP contribution in [0.3, 0.4) is 0 Å². The summed E-state index contributed by atoms with van der Waals surface area (Å²) in [5.41, 5.74) is 0. The lowest BCUT2D eigenvalue weighted by Gasteiger charge is -2.34. The lowest BCUT2D eigenvalue weighted by molar-refractivity contribution is -0.126. The molecule has 2 heterocycles. The molecule has 1 saturated heterocycles. The van der Waals surface area contributed by atoms with Crippen molar-refractivity contribution in [2.45, 2.75) is 50.4 Å². The topological polar surface area (TPSA) is 38.7 Å². The minimum absolute atomic E-state index is 0.0736. The zero-order chi connectivity index (χ0) is 10.5. The van der Waals surface area contributed by atoms with E-state index < -0.39 is 0 Å². The third kappa shape index (κ3) is 3.03. The maximum atomic E-state index is 8.93. The third-order valence-corrected chi connectivity index (χ3v) is 3.11. The molecular formula is C12H20O3. The fourth-order valence-corrected chi connectivity index (χ4v) is 2.31. The van der Waals surface area contributed by atoms with Crippen molar-refractivity contribution in [1.82, 2.24) is 0 Å². The molecule has 0 aromatic rings. The summed E-state index contributed by atoms with van der Waals surface area (Å²) >= 11 is 0. The van der Waals surface area contributed by atoms with E-state index in [2.05, 4.69) is 12.2 Å². The predicted octanol–water partition coefficient (Wildman–Crippen LogP) is 1.65. The lowest BCUT2D eigenvalue weighted by atomic mass is 9.99. The molecule has 0 amide bonds. The van der Waals surface area contributed by atoms with E-state index >= 15 is 0 Å². The second-order valence-corrected chi connectivity index (χ2v) is 4.28. The summed E-state index contributed by atoms with van der Waals surface area (Å²) in [5, 5.41) is 8.93. The molecule has 0 bridgehead atoms. The van der Waals surface area contributed by atoms with Gasteiger partial charge in [0.05, 0.1) is 18.3 Å². The number of aliphatic hydroxyl groups is 1. The van der Waals surface area contributed by atoms with Gasteiger partial charge in [-0.15, -0.1) is 0 Å². The van der Waals surface area contributed by atoms with Gasteiger partial charge in [0.1, 0.15) is 0 Å². The minimum atomic E-state index is 0.0736. The van der Waals surface area contributed by atoms with Gasteiger partial charge in [0.25, 0.3) is 0 Å². The highest BCUT2D eigenvalue weighted by Crippen LogP contribution is 2.25. The smallest absolute Gasteiger partial charge is 0.0845 e. The number of allylic oxidation sites excluding steroid dienone is 1. The third-order valence-electron chi connectivity index (χ3n) is 3.11. The molecule has 0 spiro atoms. The SMILES string of the molecule is OCC[C@H]1C=CCC[C@H]2OCCC[C@@H]2O1. The number of rotatable bonds is 2. The zero-order valence-electron chi connectivity index (χ0n) is 9.10. The molecule has 3 atom stereocenters. The summed E-state index contributed by atoms with van der Waals surface area (Å²) in [7, 11) is 0. The Labute approximate surface area is 91.1 Å². The van der Waals surface area contributed by atoms with Crippen molar-refractivity contribution in [2.75, 3.05) is 13.2 Å². The van der Waals surface area contributed by atoms with E-state index in [-0.39, 0.29) is 24.9 Å². The van der Waals surface area contributed by atoms with Crippen molar-refractivity contribution in [3.05, 3.63) is 12.2 Å². The van der Waals surface area contributed by atoms with E-state index in [1.807, 2.05) is 0 Å². The van der Waals surface area contributed by atoms with Gasteiger partial charge in [-0.3, -0.25) is 0 Å². The van der Waals surface area contributed by atoms with E-state index in [1.165, 1.54) is 0 Å². The Morgan fingerprint density at radius 2 is 2.20 bits per heavy atom. The minimum Gasteiger partial charge on any atom is -0.396 e.